The zero-order valence-electron chi connectivity index (χ0n) is 13.1. The highest BCUT2D eigenvalue weighted by Gasteiger charge is 2.13. The quantitative estimate of drug-likeness (QED) is 0.646. The molecular formula is C19H17NO4. The Morgan fingerprint density at radius 3 is 2.58 bits per heavy atom. The molecule has 24 heavy (non-hydrogen) atoms. The van der Waals surface area contributed by atoms with E-state index in [1.54, 1.807) is 6.20 Å². The molecule has 0 aliphatic carbocycles. The lowest BCUT2D eigenvalue weighted by molar-refractivity contribution is 0.173. The summed E-state index contributed by atoms with van der Waals surface area (Å²) in [6, 6.07) is 15.4. The zero-order valence-corrected chi connectivity index (χ0v) is 13.1. The lowest BCUT2D eigenvalue weighted by Crippen LogP contribution is -2.05. The molecule has 2 aromatic carbocycles. The van der Waals surface area contributed by atoms with Crippen LogP contribution in [-0.4, -0.2) is 25.0 Å². The first-order valence-corrected chi connectivity index (χ1v) is 7.88. The van der Waals surface area contributed by atoms with Crippen LogP contribution >= 0.6 is 0 Å². The van der Waals surface area contributed by atoms with E-state index in [4.69, 9.17) is 18.9 Å². The first-order valence-electron chi connectivity index (χ1n) is 7.88. The summed E-state index contributed by atoms with van der Waals surface area (Å²) >= 11 is 0. The molecule has 0 spiro atoms. The maximum atomic E-state index is 5.77. The van der Waals surface area contributed by atoms with Crippen molar-refractivity contribution in [2.24, 2.45) is 0 Å². The van der Waals surface area contributed by atoms with E-state index in [1.807, 2.05) is 48.5 Å². The van der Waals surface area contributed by atoms with Crippen LogP contribution in [0, 0.1) is 0 Å². The minimum absolute atomic E-state index is 0.272. The average Bonchev–Trinajstić information content (AvgIpc) is 3.09. The van der Waals surface area contributed by atoms with Crippen molar-refractivity contribution in [3.8, 4) is 23.0 Å². The number of benzene rings is 2. The van der Waals surface area contributed by atoms with Gasteiger partial charge in [-0.2, -0.15) is 0 Å². The molecule has 1 aromatic heterocycles. The van der Waals surface area contributed by atoms with Crippen LogP contribution in [0.3, 0.4) is 0 Å². The summed E-state index contributed by atoms with van der Waals surface area (Å²) in [7, 11) is 0. The third kappa shape index (κ3) is 3.20. The molecule has 5 heteroatoms. The van der Waals surface area contributed by atoms with Crippen molar-refractivity contribution in [3.05, 3.63) is 54.7 Å². The lowest BCUT2D eigenvalue weighted by Gasteiger charge is -2.09. The molecular weight excluding hydrogens is 306 g/mol. The van der Waals surface area contributed by atoms with Crippen LogP contribution in [0.4, 0.5) is 0 Å². The molecule has 1 aliphatic heterocycles. The van der Waals surface area contributed by atoms with Crippen molar-refractivity contribution >= 4 is 10.9 Å². The van der Waals surface area contributed by atoms with Gasteiger partial charge in [-0.05, 0) is 36.4 Å². The van der Waals surface area contributed by atoms with Crippen molar-refractivity contribution in [1.82, 2.24) is 4.98 Å². The van der Waals surface area contributed by atoms with Crippen molar-refractivity contribution in [3.63, 3.8) is 0 Å². The molecule has 0 radical (unpaired) electrons. The predicted molar refractivity (Wildman–Crippen MR) is 89.9 cm³/mol. The van der Waals surface area contributed by atoms with Gasteiger partial charge in [0.15, 0.2) is 11.5 Å². The Morgan fingerprint density at radius 1 is 0.875 bits per heavy atom. The number of pyridine rings is 1. The van der Waals surface area contributed by atoms with E-state index in [0.717, 1.165) is 40.3 Å². The van der Waals surface area contributed by atoms with Crippen molar-refractivity contribution in [2.75, 3.05) is 20.0 Å². The molecule has 0 amide bonds. The van der Waals surface area contributed by atoms with E-state index in [-0.39, 0.29) is 6.79 Å². The fourth-order valence-corrected chi connectivity index (χ4v) is 2.55. The van der Waals surface area contributed by atoms with Gasteiger partial charge in [-0.3, -0.25) is 4.98 Å². The summed E-state index contributed by atoms with van der Waals surface area (Å²) in [5.41, 5.74) is 0.969. The van der Waals surface area contributed by atoms with Crippen LogP contribution in [0.15, 0.2) is 54.7 Å². The molecule has 4 rings (SSSR count). The first kappa shape index (κ1) is 14.6. The van der Waals surface area contributed by atoms with Gasteiger partial charge >= 0.3 is 0 Å². The molecule has 0 unspecified atom stereocenters. The number of fused-ring (bicyclic) bond motifs is 2. The summed E-state index contributed by atoms with van der Waals surface area (Å²) in [6.45, 7) is 1.44. The number of nitrogens with zero attached hydrogens (tertiary/aromatic N) is 1. The highest BCUT2D eigenvalue weighted by Crippen LogP contribution is 2.35. The molecule has 2 heterocycles. The van der Waals surface area contributed by atoms with Gasteiger partial charge in [-0.15, -0.1) is 0 Å². The molecule has 0 saturated heterocycles. The predicted octanol–water partition coefficient (Wildman–Crippen LogP) is 3.81. The molecule has 122 valence electrons. The lowest BCUT2D eigenvalue weighted by atomic mass is 10.2. The first-order chi connectivity index (χ1) is 11.9. The third-order valence-electron chi connectivity index (χ3n) is 3.74. The molecule has 0 N–H and O–H groups in total. The number of rotatable bonds is 6. The minimum Gasteiger partial charge on any atom is -0.493 e. The highest BCUT2D eigenvalue weighted by atomic mass is 16.7. The summed E-state index contributed by atoms with van der Waals surface area (Å²) < 4.78 is 22.1. The number of ether oxygens (including phenoxy) is 4. The third-order valence-corrected chi connectivity index (χ3v) is 3.74. The maximum Gasteiger partial charge on any atom is 0.231 e. The van der Waals surface area contributed by atoms with Gasteiger partial charge in [0.1, 0.15) is 11.5 Å². The van der Waals surface area contributed by atoms with Crippen LogP contribution in [-0.2, 0) is 0 Å². The Kier molecular flexibility index (Phi) is 4.06. The molecule has 3 aromatic rings. The normalized spacial score (nSPS) is 12.3. The summed E-state index contributed by atoms with van der Waals surface area (Å²) in [5.74, 6) is 3.11. The van der Waals surface area contributed by atoms with Crippen LogP contribution in [0.2, 0.25) is 0 Å². The highest BCUT2D eigenvalue weighted by molar-refractivity contribution is 5.79. The largest absolute Gasteiger partial charge is 0.493 e. The van der Waals surface area contributed by atoms with Gasteiger partial charge in [0, 0.05) is 24.1 Å². The monoisotopic (exact) mass is 323 g/mol. The SMILES string of the molecule is c1cnc2ccc(OCCCOc3ccc4c(c3)OCO4)cc2c1. The van der Waals surface area contributed by atoms with Gasteiger partial charge in [-0.25, -0.2) is 0 Å². The fraction of sp³-hybridized carbons (Fsp3) is 0.211. The summed E-state index contributed by atoms with van der Waals surface area (Å²) in [5, 5.41) is 1.08. The second kappa shape index (κ2) is 6.66. The van der Waals surface area contributed by atoms with Gasteiger partial charge in [-0.1, -0.05) is 6.07 Å². The van der Waals surface area contributed by atoms with E-state index in [0.29, 0.717) is 13.2 Å². The number of aromatic nitrogens is 1. The second-order valence-corrected chi connectivity index (χ2v) is 5.42. The van der Waals surface area contributed by atoms with Crippen molar-refractivity contribution in [2.45, 2.75) is 6.42 Å². The average molecular weight is 323 g/mol. The molecule has 0 bridgehead atoms. The standard InChI is InChI=1S/C19H17NO4/c1-3-14-11-15(4-6-17(14)20-8-1)21-9-2-10-22-16-5-7-18-19(12-16)24-13-23-18/h1,3-8,11-12H,2,9-10,13H2. The Bertz CT molecular complexity index is 850. The van der Waals surface area contributed by atoms with E-state index >= 15 is 0 Å². The van der Waals surface area contributed by atoms with Crippen LogP contribution < -0.4 is 18.9 Å². The van der Waals surface area contributed by atoms with Crippen molar-refractivity contribution in [1.29, 1.82) is 0 Å². The topological polar surface area (TPSA) is 49.8 Å². The van der Waals surface area contributed by atoms with Crippen molar-refractivity contribution < 1.29 is 18.9 Å². The number of hydrogen-bond donors (Lipinski definition) is 0. The van der Waals surface area contributed by atoms with Gasteiger partial charge in [0.25, 0.3) is 0 Å². The van der Waals surface area contributed by atoms with Gasteiger partial charge < -0.3 is 18.9 Å². The van der Waals surface area contributed by atoms with Crippen LogP contribution in [0.25, 0.3) is 10.9 Å². The van der Waals surface area contributed by atoms with Crippen LogP contribution in [0.5, 0.6) is 23.0 Å². The Morgan fingerprint density at radius 2 is 1.67 bits per heavy atom. The molecule has 0 fully saturated rings. The Labute approximate surface area is 139 Å². The van der Waals surface area contributed by atoms with Gasteiger partial charge in [0.2, 0.25) is 6.79 Å². The van der Waals surface area contributed by atoms with E-state index < -0.39 is 0 Å². The molecule has 1 aliphatic rings. The Balaban J connectivity index is 1.25. The molecule has 0 saturated carbocycles. The molecule has 0 atom stereocenters. The summed E-state index contributed by atoms with van der Waals surface area (Å²) in [4.78, 5) is 4.30. The minimum atomic E-state index is 0.272. The van der Waals surface area contributed by atoms with Crippen LogP contribution in [0.1, 0.15) is 6.42 Å². The number of hydrogen-bond acceptors (Lipinski definition) is 5. The Hall–Kier alpha value is -2.95. The maximum absolute atomic E-state index is 5.77. The van der Waals surface area contributed by atoms with E-state index in [2.05, 4.69) is 4.98 Å². The van der Waals surface area contributed by atoms with E-state index in [9.17, 15) is 0 Å². The fourth-order valence-electron chi connectivity index (χ4n) is 2.55. The smallest absolute Gasteiger partial charge is 0.231 e. The second-order valence-electron chi connectivity index (χ2n) is 5.42. The van der Waals surface area contributed by atoms with Gasteiger partial charge in [0.05, 0.1) is 18.7 Å². The van der Waals surface area contributed by atoms with E-state index in [1.165, 1.54) is 0 Å². The zero-order chi connectivity index (χ0) is 16.2. The molecule has 5 nitrogen and oxygen atoms in total. The summed E-state index contributed by atoms with van der Waals surface area (Å²) in [6.07, 6.45) is 2.58.